The van der Waals surface area contributed by atoms with Crippen molar-refractivity contribution in [1.82, 2.24) is 4.98 Å². The van der Waals surface area contributed by atoms with Gasteiger partial charge in [-0.25, -0.2) is 0 Å². The van der Waals surface area contributed by atoms with Crippen LogP contribution in [-0.4, -0.2) is 4.98 Å². The fourth-order valence-corrected chi connectivity index (χ4v) is 9.66. The van der Waals surface area contributed by atoms with Gasteiger partial charge in [0.2, 0.25) is 0 Å². The van der Waals surface area contributed by atoms with Gasteiger partial charge in [0.25, 0.3) is 0 Å². The Labute approximate surface area is 318 Å². The van der Waals surface area contributed by atoms with Crippen LogP contribution in [0.5, 0.6) is 0 Å². The van der Waals surface area contributed by atoms with Gasteiger partial charge >= 0.3 is 0 Å². The molecule has 51 heavy (non-hydrogen) atoms. The van der Waals surface area contributed by atoms with Crippen molar-refractivity contribution in [2.75, 3.05) is 0 Å². The summed E-state index contributed by atoms with van der Waals surface area (Å²) >= 11 is 0. The summed E-state index contributed by atoms with van der Waals surface area (Å²) in [6.45, 7) is 13.4. The van der Waals surface area contributed by atoms with Crippen molar-refractivity contribution in [3.63, 3.8) is 0 Å². The Hall–Kier alpha value is -4.13. The van der Waals surface area contributed by atoms with Crippen molar-refractivity contribution >= 4 is 44.7 Å². The minimum Gasteiger partial charge on any atom is -0.311 e. The summed E-state index contributed by atoms with van der Waals surface area (Å²) in [6, 6.07) is 51.4. The molecule has 0 fully saturated rings. The summed E-state index contributed by atoms with van der Waals surface area (Å²) < 4.78 is 14.4. The number of benzene rings is 6. The Balaban J connectivity index is 0.000000194. The standard InChI is InChI=1S/C25H30N.C22H16OP.Ir/c1-16(2)11-20-7-9-25-22(23(20)12-17(3)4)8-10-24(26-25)21-14-18(5)13-19(6)15-21;23-24(19-12-3-1-4-13-19,20-14-5-2-6-15-20)22-17-9-11-18-10-7-8-16-21(18)22;/h7-10,13-14,16-17H,11-12H2,1-6H3;1-16H;/q2*-1;. The number of fused-ring (bicyclic) bond motifs is 2. The van der Waals surface area contributed by atoms with Crippen LogP contribution in [0.2, 0.25) is 0 Å². The predicted molar refractivity (Wildman–Crippen MR) is 215 cm³/mol. The summed E-state index contributed by atoms with van der Waals surface area (Å²) in [5.41, 5.74) is 8.57. The molecular weight excluding hydrogens is 818 g/mol. The molecule has 0 spiro atoms. The molecule has 0 atom stereocenters. The van der Waals surface area contributed by atoms with Gasteiger partial charge in [-0.15, -0.1) is 51.7 Å². The minimum atomic E-state index is -2.98. The van der Waals surface area contributed by atoms with Crippen molar-refractivity contribution in [3.05, 3.63) is 168 Å². The van der Waals surface area contributed by atoms with E-state index in [1.807, 2.05) is 97.1 Å². The average Bonchev–Trinajstić information content (AvgIpc) is 3.12. The van der Waals surface area contributed by atoms with E-state index in [-0.39, 0.29) is 20.1 Å². The van der Waals surface area contributed by atoms with Gasteiger partial charge in [0.1, 0.15) is 7.14 Å². The summed E-state index contributed by atoms with van der Waals surface area (Å²) in [5, 5.41) is 5.84. The molecule has 0 saturated carbocycles. The maximum atomic E-state index is 14.4. The molecule has 4 heteroatoms. The summed E-state index contributed by atoms with van der Waals surface area (Å²) in [4.78, 5) is 4.98. The third-order valence-electron chi connectivity index (χ3n) is 9.00. The first kappa shape index (κ1) is 38.1. The first-order valence-corrected chi connectivity index (χ1v) is 19.4. The van der Waals surface area contributed by atoms with Crippen LogP contribution < -0.4 is 15.9 Å². The number of rotatable bonds is 8. The fourth-order valence-electron chi connectivity index (χ4n) is 6.86. The van der Waals surface area contributed by atoms with E-state index in [1.165, 1.54) is 22.1 Å². The molecular formula is C47H46IrNOP-2. The Morgan fingerprint density at radius 1 is 0.667 bits per heavy atom. The number of nitrogens with zero attached hydrogens (tertiary/aromatic N) is 1. The Morgan fingerprint density at radius 2 is 1.29 bits per heavy atom. The molecule has 1 heterocycles. The van der Waals surface area contributed by atoms with E-state index < -0.39 is 7.14 Å². The van der Waals surface area contributed by atoms with Crippen molar-refractivity contribution in [2.24, 2.45) is 11.8 Å². The molecule has 0 N–H and O–H groups in total. The first-order chi connectivity index (χ1) is 24.1. The maximum Gasteiger partial charge on any atom is 0.148 e. The molecule has 0 bridgehead atoms. The quantitative estimate of drug-likeness (QED) is 0.113. The third-order valence-corrected chi connectivity index (χ3v) is 12.0. The topological polar surface area (TPSA) is 30.0 Å². The van der Waals surface area contributed by atoms with Gasteiger partial charge in [-0.2, -0.15) is 18.2 Å². The Morgan fingerprint density at radius 3 is 1.92 bits per heavy atom. The molecule has 0 saturated heterocycles. The van der Waals surface area contributed by atoms with Crippen LogP contribution in [0.15, 0.2) is 133 Å². The van der Waals surface area contributed by atoms with Gasteiger partial charge in [-0.1, -0.05) is 144 Å². The monoisotopic (exact) mass is 864 g/mol. The van der Waals surface area contributed by atoms with Crippen LogP contribution in [0.25, 0.3) is 32.9 Å². The second kappa shape index (κ2) is 16.9. The molecule has 0 aliphatic rings. The van der Waals surface area contributed by atoms with E-state index in [9.17, 15) is 4.57 Å². The first-order valence-electron chi connectivity index (χ1n) is 17.7. The molecule has 0 amide bonds. The summed E-state index contributed by atoms with van der Waals surface area (Å²) in [6.07, 6.45) is 2.24. The van der Waals surface area contributed by atoms with Gasteiger partial charge in [-0.05, 0) is 47.6 Å². The van der Waals surface area contributed by atoms with Gasteiger partial charge in [0, 0.05) is 36.1 Å². The fraction of sp³-hybridized carbons (Fsp3) is 0.213. The van der Waals surface area contributed by atoms with Gasteiger partial charge < -0.3 is 4.57 Å². The van der Waals surface area contributed by atoms with Gasteiger partial charge in [0.15, 0.2) is 0 Å². The zero-order valence-corrected chi connectivity index (χ0v) is 33.7. The van der Waals surface area contributed by atoms with E-state index in [4.69, 9.17) is 4.98 Å². The van der Waals surface area contributed by atoms with Crippen molar-refractivity contribution in [3.8, 4) is 11.3 Å². The molecule has 2 nitrogen and oxygen atoms in total. The number of hydrogen-bond acceptors (Lipinski definition) is 2. The number of hydrogen-bond donors (Lipinski definition) is 0. The molecule has 261 valence electrons. The largest absolute Gasteiger partial charge is 0.311 e. The molecule has 0 aliphatic heterocycles. The van der Waals surface area contributed by atoms with Crippen LogP contribution in [-0.2, 0) is 37.5 Å². The molecule has 0 aliphatic carbocycles. The minimum absolute atomic E-state index is 0. The summed E-state index contributed by atoms with van der Waals surface area (Å²) in [7, 11) is -2.98. The molecule has 6 aromatic carbocycles. The van der Waals surface area contributed by atoms with Crippen LogP contribution in [0, 0.1) is 37.8 Å². The van der Waals surface area contributed by atoms with Crippen LogP contribution in [0.3, 0.4) is 0 Å². The van der Waals surface area contributed by atoms with Gasteiger partial charge in [-0.3, -0.25) is 4.98 Å². The third kappa shape index (κ3) is 8.68. The normalized spacial score (nSPS) is 11.4. The predicted octanol–water partition coefficient (Wildman–Crippen LogP) is 11.0. The van der Waals surface area contributed by atoms with Crippen LogP contribution in [0.1, 0.15) is 49.9 Å². The van der Waals surface area contributed by atoms with Crippen LogP contribution >= 0.6 is 7.14 Å². The van der Waals surface area contributed by atoms with E-state index in [0.29, 0.717) is 11.8 Å². The Bertz CT molecular complexity index is 2210. The second-order valence-corrected chi connectivity index (χ2v) is 16.8. The van der Waals surface area contributed by atoms with Crippen LogP contribution in [0.4, 0.5) is 0 Å². The maximum absolute atomic E-state index is 14.4. The zero-order chi connectivity index (χ0) is 35.3. The SMILES string of the molecule is Cc1[c-]c(-c2ccc3c(CC(C)C)c(CC(C)C)ccc3n2)cc(C)c1.O=P(c1ccccc1)(c1ccccc1)c1[c-]ccc2ccccc12.[Ir]. The Kier molecular flexibility index (Phi) is 12.6. The molecule has 7 rings (SSSR count). The van der Waals surface area contributed by atoms with E-state index in [0.717, 1.165) is 61.9 Å². The second-order valence-electron chi connectivity index (χ2n) is 14.1. The van der Waals surface area contributed by atoms with Crippen molar-refractivity contribution in [1.29, 1.82) is 0 Å². The van der Waals surface area contributed by atoms with E-state index in [2.05, 4.69) is 90.1 Å². The number of aromatic nitrogens is 1. The number of pyridine rings is 1. The molecule has 1 aromatic heterocycles. The number of aryl methyl sites for hydroxylation is 2. The van der Waals surface area contributed by atoms with Gasteiger partial charge in [0.05, 0.1) is 5.52 Å². The van der Waals surface area contributed by atoms with Crippen molar-refractivity contribution in [2.45, 2.75) is 54.4 Å². The zero-order valence-electron chi connectivity index (χ0n) is 30.4. The molecule has 0 unspecified atom stereocenters. The van der Waals surface area contributed by atoms with E-state index in [1.54, 1.807) is 0 Å². The molecule has 7 aromatic rings. The van der Waals surface area contributed by atoms with Crippen molar-refractivity contribution < 1.29 is 24.7 Å². The average molecular weight is 864 g/mol. The smallest absolute Gasteiger partial charge is 0.148 e. The molecule has 1 radical (unpaired) electrons. The summed E-state index contributed by atoms with van der Waals surface area (Å²) in [5.74, 6) is 1.30. The van der Waals surface area contributed by atoms with E-state index >= 15 is 0 Å².